The highest BCUT2D eigenvalue weighted by atomic mass is 16.5. The van der Waals surface area contributed by atoms with Gasteiger partial charge in [-0.05, 0) is 30.7 Å². The molecular formula is C21H31N5O. The van der Waals surface area contributed by atoms with Crippen molar-refractivity contribution in [2.75, 3.05) is 33.4 Å². The van der Waals surface area contributed by atoms with Crippen molar-refractivity contribution in [1.29, 1.82) is 0 Å². The summed E-state index contributed by atoms with van der Waals surface area (Å²) >= 11 is 0. The summed E-state index contributed by atoms with van der Waals surface area (Å²) in [4.78, 5) is 8.78. The van der Waals surface area contributed by atoms with E-state index in [1.165, 1.54) is 18.4 Å². The van der Waals surface area contributed by atoms with Crippen LogP contribution in [0.25, 0.3) is 0 Å². The molecule has 6 nitrogen and oxygen atoms in total. The van der Waals surface area contributed by atoms with Crippen LogP contribution in [0.1, 0.15) is 30.7 Å². The molecule has 1 aliphatic rings. The van der Waals surface area contributed by atoms with Crippen LogP contribution in [0.2, 0.25) is 0 Å². The zero-order valence-electron chi connectivity index (χ0n) is 16.2. The molecule has 1 aromatic carbocycles. The highest BCUT2D eigenvalue weighted by Crippen LogP contribution is 2.28. The fourth-order valence-electron chi connectivity index (χ4n) is 2.92. The first kappa shape index (κ1) is 19.4. The number of nitrogens with zero attached hydrogens (tertiary/aromatic N) is 3. The molecule has 0 aliphatic heterocycles. The monoisotopic (exact) mass is 369 g/mol. The predicted molar refractivity (Wildman–Crippen MR) is 109 cm³/mol. The number of hydrogen-bond acceptors (Lipinski definition) is 3. The maximum atomic E-state index is 5.65. The van der Waals surface area contributed by atoms with Crippen molar-refractivity contribution in [2.45, 2.75) is 32.2 Å². The van der Waals surface area contributed by atoms with E-state index in [2.05, 4.69) is 49.4 Å². The average molecular weight is 370 g/mol. The first-order valence-corrected chi connectivity index (χ1v) is 9.91. The summed E-state index contributed by atoms with van der Waals surface area (Å²) in [5.74, 6) is 2.75. The molecule has 0 saturated heterocycles. The first-order chi connectivity index (χ1) is 13.3. The fourth-order valence-corrected chi connectivity index (χ4v) is 2.92. The Kier molecular flexibility index (Phi) is 7.71. The van der Waals surface area contributed by atoms with Crippen LogP contribution in [0.15, 0.2) is 47.7 Å². The predicted octanol–water partition coefficient (Wildman–Crippen LogP) is 2.46. The maximum absolute atomic E-state index is 5.65. The molecule has 0 bridgehead atoms. The van der Waals surface area contributed by atoms with Gasteiger partial charge in [-0.1, -0.05) is 30.3 Å². The zero-order valence-corrected chi connectivity index (χ0v) is 16.2. The number of benzene rings is 1. The summed E-state index contributed by atoms with van der Waals surface area (Å²) in [6.45, 7) is 4.26. The van der Waals surface area contributed by atoms with E-state index >= 15 is 0 Å². The van der Waals surface area contributed by atoms with Crippen molar-refractivity contribution < 1.29 is 4.74 Å². The fraction of sp³-hybridized carbons (Fsp3) is 0.524. The van der Waals surface area contributed by atoms with Crippen molar-refractivity contribution in [2.24, 2.45) is 10.9 Å². The van der Waals surface area contributed by atoms with Crippen LogP contribution in [0.3, 0.4) is 0 Å². The topological polar surface area (TPSA) is 63.5 Å². The summed E-state index contributed by atoms with van der Waals surface area (Å²) in [7, 11) is 1.80. The second-order valence-electron chi connectivity index (χ2n) is 7.00. The molecule has 1 aromatic heterocycles. The number of hydrogen-bond donors (Lipinski definition) is 2. The van der Waals surface area contributed by atoms with Gasteiger partial charge in [-0.25, -0.2) is 4.98 Å². The minimum Gasteiger partial charge on any atom is -0.381 e. The van der Waals surface area contributed by atoms with E-state index < -0.39 is 0 Å². The molecule has 0 atom stereocenters. The maximum Gasteiger partial charge on any atom is 0.190 e. The van der Waals surface area contributed by atoms with E-state index in [1.54, 1.807) is 7.05 Å². The van der Waals surface area contributed by atoms with Gasteiger partial charge in [0.05, 0.1) is 0 Å². The van der Waals surface area contributed by atoms with Gasteiger partial charge in [-0.15, -0.1) is 0 Å². The van der Waals surface area contributed by atoms with Gasteiger partial charge in [-0.3, -0.25) is 4.99 Å². The van der Waals surface area contributed by atoms with E-state index in [1.807, 2.05) is 18.5 Å². The van der Waals surface area contributed by atoms with Crippen molar-refractivity contribution in [3.05, 3.63) is 54.1 Å². The molecule has 1 fully saturated rings. The number of imidazole rings is 1. The summed E-state index contributed by atoms with van der Waals surface area (Å²) in [6.07, 6.45) is 8.45. The number of rotatable bonds is 11. The van der Waals surface area contributed by atoms with Gasteiger partial charge in [0.2, 0.25) is 0 Å². The molecule has 1 aliphatic carbocycles. The summed E-state index contributed by atoms with van der Waals surface area (Å²) in [5.41, 5.74) is 1.28. The lowest BCUT2D eigenvalue weighted by molar-refractivity contribution is 0.123. The molecule has 146 valence electrons. The number of guanidine groups is 1. The van der Waals surface area contributed by atoms with Crippen LogP contribution in [0, 0.1) is 5.92 Å². The molecule has 6 heteroatoms. The van der Waals surface area contributed by atoms with Gasteiger partial charge in [0.25, 0.3) is 0 Å². The highest BCUT2D eigenvalue weighted by Gasteiger charge is 2.20. The standard InChI is InChI=1S/C21H31N5O/c1-22-21(24-11-5-15-27-17-19-8-9-19)25-12-10-20-23-13-14-26(20)16-18-6-3-2-4-7-18/h2-4,6-7,13-14,19H,5,8-12,15-17H2,1H3,(H2,22,24,25). The Labute approximate surface area is 162 Å². The van der Waals surface area contributed by atoms with Crippen LogP contribution in [0.5, 0.6) is 0 Å². The van der Waals surface area contributed by atoms with Gasteiger partial charge in [0, 0.05) is 58.7 Å². The third-order valence-corrected chi connectivity index (χ3v) is 4.67. The highest BCUT2D eigenvalue weighted by molar-refractivity contribution is 5.79. The summed E-state index contributed by atoms with van der Waals surface area (Å²) < 4.78 is 7.85. The quantitative estimate of drug-likeness (QED) is 0.363. The Morgan fingerprint density at radius 2 is 2.04 bits per heavy atom. The van der Waals surface area contributed by atoms with E-state index in [0.717, 1.165) is 63.4 Å². The van der Waals surface area contributed by atoms with Crippen molar-refractivity contribution >= 4 is 5.96 Å². The number of aliphatic imine (C=N–C) groups is 1. The molecule has 1 heterocycles. The Morgan fingerprint density at radius 1 is 1.22 bits per heavy atom. The molecule has 0 unspecified atom stereocenters. The van der Waals surface area contributed by atoms with Crippen LogP contribution in [0.4, 0.5) is 0 Å². The van der Waals surface area contributed by atoms with Crippen molar-refractivity contribution in [3.63, 3.8) is 0 Å². The zero-order chi connectivity index (χ0) is 18.7. The van der Waals surface area contributed by atoms with Crippen molar-refractivity contribution in [3.8, 4) is 0 Å². The van der Waals surface area contributed by atoms with Crippen LogP contribution < -0.4 is 10.6 Å². The SMILES string of the molecule is CN=C(NCCCOCC1CC1)NCCc1nccn1Cc1ccccc1. The molecule has 2 N–H and O–H groups in total. The third kappa shape index (κ3) is 7.06. The lowest BCUT2D eigenvalue weighted by Crippen LogP contribution is -2.39. The lowest BCUT2D eigenvalue weighted by Gasteiger charge is -2.13. The lowest BCUT2D eigenvalue weighted by atomic mass is 10.2. The molecule has 0 spiro atoms. The van der Waals surface area contributed by atoms with Gasteiger partial charge in [0.15, 0.2) is 5.96 Å². The molecule has 1 saturated carbocycles. The minimum absolute atomic E-state index is 0.795. The number of nitrogens with one attached hydrogen (secondary N) is 2. The van der Waals surface area contributed by atoms with E-state index in [4.69, 9.17) is 4.74 Å². The summed E-state index contributed by atoms with van der Waals surface area (Å²) in [5, 5.41) is 6.70. The second kappa shape index (κ2) is 10.7. The first-order valence-electron chi connectivity index (χ1n) is 9.91. The molecule has 0 amide bonds. The molecule has 27 heavy (non-hydrogen) atoms. The van der Waals surface area contributed by atoms with Crippen LogP contribution in [-0.4, -0.2) is 48.9 Å². The number of aromatic nitrogens is 2. The normalized spacial score (nSPS) is 14.3. The van der Waals surface area contributed by atoms with Gasteiger partial charge >= 0.3 is 0 Å². The molecule has 3 rings (SSSR count). The smallest absolute Gasteiger partial charge is 0.190 e. The van der Waals surface area contributed by atoms with Gasteiger partial charge < -0.3 is 19.9 Å². The largest absolute Gasteiger partial charge is 0.381 e. The summed E-state index contributed by atoms with van der Waals surface area (Å²) in [6, 6.07) is 10.5. The van der Waals surface area contributed by atoms with Crippen LogP contribution in [-0.2, 0) is 17.7 Å². The van der Waals surface area contributed by atoms with Gasteiger partial charge in [-0.2, -0.15) is 0 Å². The van der Waals surface area contributed by atoms with Crippen LogP contribution >= 0.6 is 0 Å². The number of ether oxygens (including phenoxy) is 1. The second-order valence-corrected chi connectivity index (χ2v) is 7.00. The molecule has 0 radical (unpaired) electrons. The van der Waals surface area contributed by atoms with E-state index in [0.29, 0.717) is 0 Å². The average Bonchev–Trinajstić information content (AvgIpc) is 3.43. The Hall–Kier alpha value is -2.34. The molecule has 2 aromatic rings. The Bertz CT molecular complexity index is 694. The molecular weight excluding hydrogens is 338 g/mol. The van der Waals surface area contributed by atoms with Gasteiger partial charge in [0.1, 0.15) is 5.82 Å². The van der Waals surface area contributed by atoms with Crippen molar-refractivity contribution in [1.82, 2.24) is 20.2 Å². The van der Waals surface area contributed by atoms with E-state index in [9.17, 15) is 0 Å². The van der Waals surface area contributed by atoms with E-state index in [-0.39, 0.29) is 0 Å². The minimum atomic E-state index is 0.795. The Morgan fingerprint density at radius 3 is 2.81 bits per heavy atom. The Balaban J connectivity index is 1.32. The third-order valence-electron chi connectivity index (χ3n) is 4.67.